The van der Waals surface area contributed by atoms with Crippen LogP contribution >= 0.6 is 11.6 Å². The second-order valence-corrected chi connectivity index (χ2v) is 5.95. The summed E-state index contributed by atoms with van der Waals surface area (Å²) >= 11 is 5.68. The minimum Gasteiger partial charge on any atom is -0.462 e. The van der Waals surface area contributed by atoms with Crippen molar-refractivity contribution in [2.24, 2.45) is 0 Å². The average molecular weight is 348 g/mol. The van der Waals surface area contributed by atoms with Crippen LogP contribution in [0.3, 0.4) is 0 Å². The number of benzene rings is 2. The van der Waals surface area contributed by atoms with E-state index in [1.165, 1.54) is 0 Å². The van der Waals surface area contributed by atoms with Crippen LogP contribution in [-0.2, 0) is 15.1 Å². The van der Waals surface area contributed by atoms with Crippen molar-refractivity contribution in [1.29, 1.82) is 0 Å². The fourth-order valence-electron chi connectivity index (χ4n) is 2.42. The molecule has 0 bridgehead atoms. The normalized spacial score (nSPS) is 11.5. The van der Waals surface area contributed by atoms with E-state index in [4.69, 9.17) is 16.3 Å². The SMILES string of the molecule is CN(CCCl)CCOC(=O)C(O)(c1ccccc1)c1ccccc1. The lowest BCUT2D eigenvalue weighted by atomic mass is 9.86. The van der Waals surface area contributed by atoms with Crippen LogP contribution in [0.5, 0.6) is 0 Å². The van der Waals surface area contributed by atoms with E-state index < -0.39 is 11.6 Å². The highest BCUT2D eigenvalue weighted by atomic mass is 35.5. The summed E-state index contributed by atoms with van der Waals surface area (Å²) in [5.74, 6) is -0.165. The number of hydrogen-bond donors (Lipinski definition) is 1. The monoisotopic (exact) mass is 347 g/mol. The third-order valence-electron chi connectivity index (χ3n) is 3.85. The zero-order valence-electron chi connectivity index (χ0n) is 13.7. The fourth-order valence-corrected chi connectivity index (χ4v) is 2.70. The predicted octanol–water partition coefficient (Wildman–Crippen LogP) is 2.64. The zero-order valence-corrected chi connectivity index (χ0v) is 14.4. The van der Waals surface area contributed by atoms with E-state index >= 15 is 0 Å². The first-order chi connectivity index (χ1) is 11.6. The van der Waals surface area contributed by atoms with Gasteiger partial charge >= 0.3 is 5.97 Å². The molecule has 2 rings (SSSR count). The molecule has 24 heavy (non-hydrogen) atoms. The first kappa shape index (κ1) is 18.5. The molecule has 2 aromatic rings. The van der Waals surface area contributed by atoms with Gasteiger partial charge in [0.1, 0.15) is 6.61 Å². The highest BCUT2D eigenvalue weighted by molar-refractivity contribution is 6.18. The van der Waals surface area contributed by atoms with Crippen LogP contribution in [0.4, 0.5) is 0 Å². The maximum atomic E-state index is 12.7. The van der Waals surface area contributed by atoms with Gasteiger partial charge in [0, 0.05) is 19.0 Å². The first-order valence-electron chi connectivity index (χ1n) is 7.84. The van der Waals surface area contributed by atoms with Gasteiger partial charge in [-0.2, -0.15) is 0 Å². The molecule has 4 nitrogen and oxygen atoms in total. The topological polar surface area (TPSA) is 49.8 Å². The summed E-state index contributed by atoms with van der Waals surface area (Å²) in [7, 11) is 1.90. The van der Waals surface area contributed by atoms with E-state index in [-0.39, 0.29) is 6.61 Å². The van der Waals surface area contributed by atoms with Gasteiger partial charge in [-0.25, -0.2) is 4.79 Å². The molecule has 0 aliphatic carbocycles. The lowest BCUT2D eigenvalue weighted by molar-refractivity contribution is -0.162. The first-order valence-corrected chi connectivity index (χ1v) is 8.37. The molecule has 0 aliphatic heterocycles. The van der Waals surface area contributed by atoms with Gasteiger partial charge in [-0.3, -0.25) is 0 Å². The Morgan fingerprint density at radius 1 is 1.04 bits per heavy atom. The Morgan fingerprint density at radius 2 is 1.54 bits per heavy atom. The summed E-state index contributed by atoms with van der Waals surface area (Å²) in [5, 5.41) is 11.2. The number of likely N-dealkylation sites (N-methyl/N-ethyl adjacent to an activating group) is 1. The molecular weight excluding hydrogens is 326 g/mol. The molecule has 0 aromatic heterocycles. The van der Waals surface area contributed by atoms with Gasteiger partial charge in [0.25, 0.3) is 0 Å². The Hall–Kier alpha value is -1.88. The molecule has 0 radical (unpaired) electrons. The Balaban J connectivity index is 2.19. The van der Waals surface area contributed by atoms with Crippen molar-refractivity contribution in [3.05, 3.63) is 71.8 Å². The van der Waals surface area contributed by atoms with Crippen LogP contribution in [0.1, 0.15) is 11.1 Å². The number of hydrogen-bond acceptors (Lipinski definition) is 4. The molecule has 5 heteroatoms. The molecule has 0 fully saturated rings. The van der Waals surface area contributed by atoms with Gasteiger partial charge < -0.3 is 14.7 Å². The fraction of sp³-hybridized carbons (Fsp3) is 0.316. The lowest BCUT2D eigenvalue weighted by Crippen LogP contribution is -2.39. The molecule has 2 aromatic carbocycles. The Morgan fingerprint density at radius 3 is 2.00 bits per heavy atom. The summed E-state index contributed by atoms with van der Waals surface area (Å²) < 4.78 is 5.36. The van der Waals surface area contributed by atoms with Crippen molar-refractivity contribution in [3.8, 4) is 0 Å². The third kappa shape index (κ3) is 4.35. The quantitative estimate of drug-likeness (QED) is 0.589. The van der Waals surface area contributed by atoms with Crippen molar-refractivity contribution in [2.45, 2.75) is 5.60 Å². The number of nitrogens with zero attached hydrogens (tertiary/aromatic N) is 1. The van der Waals surface area contributed by atoms with E-state index in [1.54, 1.807) is 48.5 Å². The molecule has 0 spiro atoms. The smallest absolute Gasteiger partial charge is 0.347 e. The Bertz CT molecular complexity index is 594. The third-order valence-corrected chi connectivity index (χ3v) is 4.02. The van der Waals surface area contributed by atoms with Gasteiger partial charge in [-0.15, -0.1) is 11.6 Å². The van der Waals surface area contributed by atoms with Gasteiger partial charge in [-0.1, -0.05) is 60.7 Å². The van der Waals surface area contributed by atoms with Crippen molar-refractivity contribution < 1.29 is 14.6 Å². The van der Waals surface area contributed by atoms with Crippen molar-refractivity contribution in [3.63, 3.8) is 0 Å². The maximum absolute atomic E-state index is 12.7. The highest BCUT2D eigenvalue weighted by Crippen LogP contribution is 2.30. The van der Waals surface area contributed by atoms with Gasteiger partial charge in [0.05, 0.1) is 0 Å². The molecule has 0 amide bonds. The van der Waals surface area contributed by atoms with Crippen LogP contribution in [-0.4, -0.2) is 48.6 Å². The Kier molecular flexibility index (Phi) is 6.79. The number of carbonyl (C=O) groups excluding carboxylic acids is 1. The summed E-state index contributed by atoms with van der Waals surface area (Å²) in [6, 6.07) is 17.7. The molecule has 0 saturated carbocycles. The van der Waals surface area contributed by atoms with Crippen molar-refractivity contribution in [1.82, 2.24) is 4.90 Å². The van der Waals surface area contributed by atoms with Crippen LogP contribution in [0, 0.1) is 0 Å². The summed E-state index contributed by atoms with van der Waals surface area (Å²) in [6.45, 7) is 1.45. The largest absolute Gasteiger partial charge is 0.462 e. The van der Waals surface area contributed by atoms with Crippen molar-refractivity contribution >= 4 is 17.6 Å². The van der Waals surface area contributed by atoms with E-state index in [0.717, 1.165) is 0 Å². The molecule has 0 heterocycles. The molecule has 0 saturated heterocycles. The second-order valence-electron chi connectivity index (χ2n) is 5.57. The number of aliphatic hydroxyl groups is 1. The molecule has 128 valence electrons. The van der Waals surface area contributed by atoms with Crippen LogP contribution < -0.4 is 0 Å². The average Bonchev–Trinajstić information content (AvgIpc) is 2.62. The summed E-state index contributed by atoms with van der Waals surface area (Å²) in [5.41, 5.74) is -0.862. The van der Waals surface area contributed by atoms with E-state index in [1.807, 2.05) is 24.1 Å². The number of rotatable bonds is 8. The van der Waals surface area contributed by atoms with Crippen LogP contribution in [0.2, 0.25) is 0 Å². The molecule has 0 aliphatic rings. The molecule has 0 atom stereocenters. The van der Waals surface area contributed by atoms with Crippen LogP contribution in [0.15, 0.2) is 60.7 Å². The lowest BCUT2D eigenvalue weighted by Gasteiger charge is -2.27. The van der Waals surface area contributed by atoms with Crippen LogP contribution in [0.25, 0.3) is 0 Å². The van der Waals surface area contributed by atoms with Gasteiger partial charge in [0.15, 0.2) is 0 Å². The van der Waals surface area contributed by atoms with Gasteiger partial charge in [-0.05, 0) is 18.2 Å². The standard InChI is InChI=1S/C19H22ClNO3/c1-21(13-12-20)14-15-24-18(22)19(23,16-8-4-2-5-9-16)17-10-6-3-7-11-17/h2-11,23H,12-15H2,1H3. The molecular formula is C19H22ClNO3. The predicted molar refractivity (Wildman–Crippen MR) is 95.1 cm³/mol. The molecule has 0 unspecified atom stereocenters. The number of esters is 1. The van der Waals surface area contributed by atoms with E-state index in [2.05, 4.69) is 0 Å². The zero-order chi connectivity index (χ0) is 17.4. The Labute approximate surface area is 147 Å². The summed E-state index contributed by atoms with van der Waals surface area (Å²) in [4.78, 5) is 14.7. The maximum Gasteiger partial charge on any atom is 0.347 e. The minimum atomic E-state index is -1.83. The van der Waals surface area contributed by atoms with Crippen molar-refractivity contribution in [2.75, 3.05) is 32.6 Å². The van der Waals surface area contributed by atoms with E-state index in [9.17, 15) is 9.90 Å². The van der Waals surface area contributed by atoms with E-state index in [0.29, 0.717) is 30.1 Å². The second kappa shape index (κ2) is 8.83. The molecule has 1 N–H and O–H groups in total. The minimum absolute atomic E-state index is 0.189. The number of halogens is 1. The number of alkyl halides is 1. The van der Waals surface area contributed by atoms with Gasteiger partial charge in [0.2, 0.25) is 5.60 Å². The number of carbonyl (C=O) groups is 1. The highest BCUT2D eigenvalue weighted by Gasteiger charge is 2.41. The summed E-state index contributed by atoms with van der Waals surface area (Å²) in [6.07, 6.45) is 0. The number of ether oxygens (including phenoxy) is 1.